The largest absolute Gasteiger partial charge is 0.329 e. The third kappa shape index (κ3) is 3.12. The first-order chi connectivity index (χ1) is 7.34. The Hall–Kier alpha value is 0.120. The van der Waals surface area contributed by atoms with E-state index in [-0.39, 0.29) is 18.4 Å². The van der Waals surface area contributed by atoms with Crippen molar-refractivity contribution in [1.82, 2.24) is 9.03 Å². The van der Waals surface area contributed by atoms with Crippen LogP contribution in [-0.2, 0) is 10.2 Å². The number of halogens is 1. The molecule has 1 saturated heterocycles. The van der Waals surface area contributed by atoms with Crippen LogP contribution < -0.4 is 10.5 Å². The molecule has 1 saturated carbocycles. The molecule has 2 aliphatic rings. The van der Waals surface area contributed by atoms with Crippen molar-refractivity contribution in [3.63, 3.8) is 0 Å². The van der Waals surface area contributed by atoms with E-state index in [4.69, 9.17) is 5.73 Å². The third-order valence-corrected chi connectivity index (χ3v) is 5.46. The Kier molecular flexibility index (Phi) is 4.47. The molecule has 3 N–H and O–H groups in total. The third-order valence-electron chi connectivity index (χ3n) is 3.58. The maximum Gasteiger partial charge on any atom is 0.280 e. The van der Waals surface area contributed by atoms with Gasteiger partial charge in [-0.3, -0.25) is 0 Å². The maximum atomic E-state index is 12.2. The van der Waals surface area contributed by atoms with Crippen LogP contribution in [0.1, 0.15) is 33.1 Å². The van der Waals surface area contributed by atoms with E-state index in [2.05, 4.69) is 4.72 Å². The molecule has 1 aliphatic heterocycles. The first kappa shape index (κ1) is 15.2. The van der Waals surface area contributed by atoms with Gasteiger partial charge in [-0.2, -0.15) is 17.4 Å². The van der Waals surface area contributed by atoms with E-state index in [0.29, 0.717) is 19.0 Å². The lowest BCUT2D eigenvalue weighted by atomic mass is 10.1. The predicted molar refractivity (Wildman–Crippen MR) is 70.3 cm³/mol. The van der Waals surface area contributed by atoms with Crippen LogP contribution in [0.25, 0.3) is 0 Å². The second-order valence-corrected chi connectivity index (χ2v) is 7.22. The van der Waals surface area contributed by atoms with E-state index >= 15 is 0 Å². The minimum atomic E-state index is -3.36. The topological polar surface area (TPSA) is 75.4 Å². The van der Waals surface area contributed by atoms with Crippen molar-refractivity contribution in [1.29, 1.82) is 0 Å². The lowest BCUT2D eigenvalue weighted by Gasteiger charge is -2.31. The van der Waals surface area contributed by atoms with Crippen LogP contribution in [0.15, 0.2) is 0 Å². The monoisotopic (exact) mass is 283 g/mol. The summed E-state index contributed by atoms with van der Waals surface area (Å²) < 4.78 is 28.6. The van der Waals surface area contributed by atoms with Gasteiger partial charge in [-0.1, -0.05) is 0 Å². The Labute approximate surface area is 110 Å². The zero-order chi connectivity index (χ0) is 12.0. The molecule has 2 atom stereocenters. The smallest absolute Gasteiger partial charge is 0.280 e. The van der Waals surface area contributed by atoms with E-state index in [1.807, 2.05) is 0 Å². The molecule has 2 rings (SSSR count). The first-order valence-electron chi connectivity index (χ1n) is 5.85. The molecular weight excluding hydrogens is 262 g/mol. The number of hydrogen-bond acceptors (Lipinski definition) is 3. The lowest BCUT2D eigenvalue weighted by molar-refractivity contribution is 0.319. The summed E-state index contributed by atoms with van der Waals surface area (Å²) in [6, 6.07) is 0.219. The van der Waals surface area contributed by atoms with Crippen LogP contribution in [0.4, 0.5) is 0 Å². The summed E-state index contributed by atoms with van der Waals surface area (Å²) in [5.74, 6) is 0.572. The Morgan fingerprint density at radius 3 is 2.47 bits per heavy atom. The summed E-state index contributed by atoms with van der Waals surface area (Å²) in [6.07, 6.45) is 3.22. The molecule has 17 heavy (non-hydrogen) atoms. The van der Waals surface area contributed by atoms with Gasteiger partial charge in [-0.15, -0.1) is 12.4 Å². The van der Waals surface area contributed by atoms with Crippen LogP contribution in [0.3, 0.4) is 0 Å². The Bertz CT molecular complexity index is 372. The number of piperidine rings is 1. The van der Waals surface area contributed by atoms with Gasteiger partial charge in [-0.25, -0.2) is 0 Å². The molecule has 0 aromatic carbocycles. The normalized spacial score (nSPS) is 29.4. The summed E-state index contributed by atoms with van der Waals surface area (Å²) in [7, 11) is -3.36. The molecule has 1 heterocycles. The van der Waals surface area contributed by atoms with Crippen LogP contribution in [-0.4, -0.2) is 37.4 Å². The van der Waals surface area contributed by atoms with Crippen LogP contribution in [0, 0.1) is 5.92 Å². The van der Waals surface area contributed by atoms with Gasteiger partial charge >= 0.3 is 0 Å². The highest BCUT2D eigenvalue weighted by Gasteiger charge is 2.44. The summed E-state index contributed by atoms with van der Waals surface area (Å²) >= 11 is 0. The summed E-state index contributed by atoms with van der Waals surface area (Å²) in [5.41, 5.74) is 4.97. The molecular formula is C10H22ClN3O2S. The Morgan fingerprint density at radius 1 is 1.41 bits per heavy atom. The summed E-state index contributed by atoms with van der Waals surface area (Å²) in [5, 5.41) is 0. The van der Waals surface area contributed by atoms with Gasteiger partial charge in [0.25, 0.3) is 10.2 Å². The van der Waals surface area contributed by atoms with Crippen LogP contribution in [0.5, 0.6) is 0 Å². The van der Waals surface area contributed by atoms with Crippen molar-refractivity contribution >= 4 is 22.6 Å². The molecule has 7 heteroatoms. The van der Waals surface area contributed by atoms with E-state index in [9.17, 15) is 8.42 Å². The van der Waals surface area contributed by atoms with Gasteiger partial charge in [0.05, 0.1) is 0 Å². The summed E-state index contributed by atoms with van der Waals surface area (Å²) in [6.45, 7) is 4.59. The van der Waals surface area contributed by atoms with Crippen molar-refractivity contribution in [2.75, 3.05) is 13.1 Å². The van der Waals surface area contributed by atoms with E-state index in [1.54, 1.807) is 18.2 Å². The number of nitrogens with two attached hydrogens (primary N) is 1. The molecule has 0 spiro atoms. The molecule has 2 unspecified atom stereocenters. The average Bonchev–Trinajstić information content (AvgIpc) is 2.77. The summed E-state index contributed by atoms with van der Waals surface area (Å²) in [4.78, 5) is 0. The van der Waals surface area contributed by atoms with Crippen molar-refractivity contribution in [2.45, 2.75) is 44.7 Å². The number of nitrogens with zero attached hydrogens (tertiary/aromatic N) is 1. The zero-order valence-corrected chi connectivity index (χ0v) is 12.0. The zero-order valence-electron chi connectivity index (χ0n) is 10.3. The predicted octanol–water partition coefficient (Wildman–Crippen LogP) is 0.464. The van der Waals surface area contributed by atoms with Gasteiger partial charge < -0.3 is 5.73 Å². The maximum absolute atomic E-state index is 12.2. The van der Waals surface area contributed by atoms with Crippen LogP contribution >= 0.6 is 12.4 Å². The van der Waals surface area contributed by atoms with E-state index in [1.165, 1.54) is 6.42 Å². The average molecular weight is 284 g/mol. The highest BCUT2D eigenvalue weighted by molar-refractivity contribution is 7.87. The Morgan fingerprint density at radius 2 is 2.06 bits per heavy atom. The molecule has 0 aromatic rings. The fraction of sp³-hybridized carbons (Fsp3) is 1.00. The van der Waals surface area contributed by atoms with Gasteiger partial charge in [-0.05, 0) is 39.0 Å². The molecule has 2 bridgehead atoms. The number of hydrogen-bond donors (Lipinski definition) is 2. The molecule has 0 radical (unpaired) electrons. The van der Waals surface area contributed by atoms with Gasteiger partial charge in [0, 0.05) is 24.7 Å². The fourth-order valence-electron chi connectivity index (χ4n) is 2.62. The van der Waals surface area contributed by atoms with Crippen molar-refractivity contribution in [2.24, 2.45) is 11.7 Å². The second kappa shape index (κ2) is 5.01. The molecule has 102 valence electrons. The number of fused-ring (bicyclic) bond motifs is 2. The lowest BCUT2D eigenvalue weighted by Crippen LogP contribution is -2.55. The molecule has 0 aromatic heterocycles. The highest BCUT2D eigenvalue weighted by atomic mass is 35.5. The molecule has 2 fully saturated rings. The van der Waals surface area contributed by atoms with Gasteiger partial charge in [0.2, 0.25) is 0 Å². The van der Waals surface area contributed by atoms with E-state index in [0.717, 1.165) is 12.8 Å². The molecule has 1 aliphatic carbocycles. The Balaban J connectivity index is 0.00000144. The second-order valence-electron chi connectivity index (χ2n) is 5.60. The van der Waals surface area contributed by atoms with Crippen molar-refractivity contribution in [3.8, 4) is 0 Å². The number of nitrogens with one attached hydrogen (secondary N) is 1. The fourth-order valence-corrected chi connectivity index (χ4v) is 4.51. The quantitative estimate of drug-likeness (QED) is 0.787. The molecule has 5 nitrogen and oxygen atoms in total. The van der Waals surface area contributed by atoms with Gasteiger partial charge in [0.15, 0.2) is 0 Å². The molecule has 0 amide bonds. The minimum absolute atomic E-state index is 0. The SMILES string of the molecule is CC(C)(CN)NS(=O)(=O)N1CC2CCC1C2.Cl. The van der Waals surface area contributed by atoms with Crippen molar-refractivity contribution < 1.29 is 8.42 Å². The van der Waals surface area contributed by atoms with Crippen molar-refractivity contribution in [3.05, 3.63) is 0 Å². The minimum Gasteiger partial charge on any atom is -0.329 e. The van der Waals surface area contributed by atoms with Gasteiger partial charge in [0.1, 0.15) is 0 Å². The van der Waals surface area contributed by atoms with E-state index < -0.39 is 15.7 Å². The number of rotatable bonds is 4. The first-order valence-corrected chi connectivity index (χ1v) is 7.29. The highest BCUT2D eigenvalue weighted by Crippen LogP contribution is 2.38. The van der Waals surface area contributed by atoms with Crippen LogP contribution in [0.2, 0.25) is 0 Å². The standard InChI is InChI=1S/C10H21N3O2S.ClH/c1-10(2,7-11)12-16(14,15)13-6-8-3-4-9(13)5-8;/h8-9,12H,3-7,11H2,1-2H3;1H.